The lowest BCUT2D eigenvalue weighted by molar-refractivity contribution is -0.138. The number of carbonyl (C=O) groups is 2. The second kappa shape index (κ2) is 6.56. The molecule has 0 saturated carbocycles. The summed E-state index contributed by atoms with van der Waals surface area (Å²) in [4.78, 5) is 26.3. The van der Waals surface area contributed by atoms with Crippen LogP contribution in [0.4, 0.5) is 0 Å². The Bertz CT molecular complexity index is 275. The maximum absolute atomic E-state index is 11.9. The Kier molecular flexibility index (Phi) is 5.37. The van der Waals surface area contributed by atoms with Gasteiger partial charge in [-0.1, -0.05) is 6.92 Å². The van der Waals surface area contributed by atoms with Crippen molar-refractivity contribution in [2.75, 3.05) is 32.7 Å². The van der Waals surface area contributed by atoms with Crippen LogP contribution in [0.5, 0.6) is 0 Å². The molecule has 3 N–H and O–H groups in total. The average molecular weight is 243 g/mol. The fourth-order valence-electron chi connectivity index (χ4n) is 1.92. The van der Waals surface area contributed by atoms with E-state index in [1.807, 2.05) is 0 Å². The SMILES string of the molecule is CCN1CCN(C(=O)C(N)CCC(=O)O)CC1. The molecule has 1 aliphatic rings. The van der Waals surface area contributed by atoms with Gasteiger partial charge in [-0.2, -0.15) is 0 Å². The number of amides is 1. The van der Waals surface area contributed by atoms with Crippen molar-refractivity contribution in [2.24, 2.45) is 5.73 Å². The van der Waals surface area contributed by atoms with Crippen LogP contribution in [0, 0.1) is 0 Å². The molecule has 0 bridgehead atoms. The van der Waals surface area contributed by atoms with Crippen LogP contribution in [0.3, 0.4) is 0 Å². The Labute approximate surface area is 101 Å². The van der Waals surface area contributed by atoms with E-state index in [-0.39, 0.29) is 18.7 Å². The van der Waals surface area contributed by atoms with Gasteiger partial charge in [-0.3, -0.25) is 9.59 Å². The number of hydrogen-bond donors (Lipinski definition) is 2. The predicted molar refractivity (Wildman–Crippen MR) is 63.5 cm³/mol. The van der Waals surface area contributed by atoms with Gasteiger partial charge in [-0.05, 0) is 13.0 Å². The molecule has 0 aromatic heterocycles. The summed E-state index contributed by atoms with van der Waals surface area (Å²) in [7, 11) is 0. The molecule has 1 saturated heterocycles. The molecule has 0 radical (unpaired) electrons. The largest absolute Gasteiger partial charge is 0.481 e. The van der Waals surface area contributed by atoms with Gasteiger partial charge in [0.25, 0.3) is 0 Å². The molecule has 1 fully saturated rings. The summed E-state index contributed by atoms with van der Waals surface area (Å²) >= 11 is 0. The minimum absolute atomic E-state index is 0.0537. The van der Waals surface area contributed by atoms with E-state index in [0.717, 1.165) is 19.6 Å². The van der Waals surface area contributed by atoms with Crippen LogP contribution in [0.15, 0.2) is 0 Å². The molecule has 1 unspecified atom stereocenters. The van der Waals surface area contributed by atoms with Gasteiger partial charge in [0.05, 0.1) is 6.04 Å². The summed E-state index contributed by atoms with van der Waals surface area (Å²) in [5.74, 6) is -1.04. The van der Waals surface area contributed by atoms with Gasteiger partial charge in [-0.15, -0.1) is 0 Å². The second-order valence-electron chi connectivity index (χ2n) is 4.30. The van der Waals surface area contributed by atoms with Crippen molar-refractivity contribution in [1.29, 1.82) is 0 Å². The van der Waals surface area contributed by atoms with Crippen LogP contribution >= 0.6 is 0 Å². The Balaban J connectivity index is 2.34. The number of hydrogen-bond acceptors (Lipinski definition) is 4. The summed E-state index contributed by atoms with van der Waals surface area (Å²) in [5, 5.41) is 8.53. The summed E-state index contributed by atoms with van der Waals surface area (Å²) in [6.07, 6.45) is 0.157. The van der Waals surface area contributed by atoms with E-state index < -0.39 is 12.0 Å². The summed E-state index contributed by atoms with van der Waals surface area (Å²) in [5.41, 5.74) is 5.70. The maximum atomic E-state index is 11.9. The van der Waals surface area contributed by atoms with Gasteiger partial charge in [0.2, 0.25) is 5.91 Å². The molecule has 0 spiro atoms. The third kappa shape index (κ3) is 4.32. The summed E-state index contributed by atoms with van der Waals surface area (Å²) in [6.45, 7) is 6.20. The maximum Gasteiger partial charge on any atom is 0.303 e. The normalized spacial score (nSPS) is 19.1. The van der Waals surface area contributed by atoms with Gasteiger partial charge in [0.1, 0.15) is 0 Å². The molecular weight excluding hydrogens is 222 g/mol. The third-order valence-corrected chi connectivity index (χ3v) is 3.12. The highest BCUT2D eigenvalue weighted by Gasteiger charge is 2.24. The van der Waals surface area contributed by atoms with Gasteiger partial charge < -0.3 is 20.6 Å². The molecule has 98 valence electrons. The zero-order chi connectivity index (χ0) is 12.8. The smallest absolute Gasteiger partial charge is 0.303 e. The Morgan fingerprint density at radius 3 is 2.35 bits per heavy atom. The standard InChI is InChI=1S/C11H21N3O3/c1-2-13-5-7-14(8-6-13)11(17)9(12)3-4-10(15)16/h9H,2-8,12H2,1H3,(H,15,16). The minimum Gasteiger partial charge on any atom is -0.481 e. The zero-order valence-electron chi connectivity index (χ0n) is 10.3. The molecular formula is C11H21N3O3. The summed E-state index contributed by atoms with van der Waals surface area (Å²) in [6, 6.07) is -0.681. The van der Waals surface area contributed by atoms with Crippen molar-refractivity contribution in [3.8, 4) is 0 Å². The molecule has 0 aliphatic carbocycles. The van der Waals surface area contributed by atoms with E-state index in [9.17, 15) is 9.59 Å². The highest BCUT2D eigenvalue weighted by Crippen LogP contribution is 2.05. The molecule has 0 aromatic carbocycles. The molecule has 6 heteroatoms. The minimum atomic E-state index is -0.913. The lowest BCUT2D eigenvalue weighted by Gasteiger charge is -2.35. The number of nitrogens with zero attached hydrogens (tertiary/aromatic N) is 2. The Morgan fingerprint density at radius 1 is 1.29 bits per heavy atom. The van der Waals surface area contributed by atoms with E-state index >= 15 is 0 Å². The van der Waals surface area contributed by atoms with Gasteiger partial charge in [-0.25, -0.2) is 0 Å². The van der Waals surface area contributed by atoms with Crippen molar-refractivity contribution in [3.63, 3.8) is 0 Å². The zero-order valence-corrected chi connectivity index (χ0v) is 10.3. The molecule has 0 aromatic rings. The van der Waals surface area contributed by atoms with Crippen LogP contribution in [0.2, 0.25) is 0 Å². The predicted octanol–water partition coefficient (Wildman–Crippen LogP) is -0.657. The monoisotopic (exact) mass is 243 g/mol. The van der Waals surface area contributed by atoms with Crippen LogP contribution in [0.1, 0.15) is 19.8 Å². The first-order valence-corrected chi connectivity index (χ1v) is 6.03. The topological polar surface area (TPSA) is 86.9 Å². The van der Waals surface area contributed by atoms with Crippen LogP contribution < -0.4 is 5.73 Å². The Hall–Kier alpha value is -1.14. The first-order chi connectivity index (χ1) is 8.04. The molecule has 1 atom stereocenters. The lowest BCUT2D eigenvalue weighted by atomic mass is 10.1. The van der Waals surface area contributed by atoms with Crippen LogP contribution in [0.25, 0.3) is 0 Å². The molecule has 17 heavy (non-hydrogen) atoms. The van der Waals surface area contributed by atoms with E-state index in [2.05, 4.69) is 11.8 Å². The average Bonchev–Trinajstić information content (AvgIpc) is 2.35. The summed E-state index contributed by atoms with van der Waals surface area (Å²) < 4.78 is 0. The van der Waals surface area contributed by atoms with E-state index in [1.54, 1.807) is 4.90 Å². The molecule has 1 rings (SSSR count). The van der Waals surface area contributed by atoms with Crippen molar-refractivity contribution < 1.29 is 14.7 Å². The van der Waals surface area contributed by atoms with Crippen LogP contribution in [-0.2, 0) is 9.59 Å². The number of piperazine rings is 1. The number of aliphatic carboxylic acids is 1. The highest BCUT2D eigenvalue weighted by molar-refractivity contribution is 5.82. The highest BCUT2D eigenvalue weighted by atomic mass is 16.4. The first kappa shape index (κ1) is 13.9. The van der Waals surface area contributed by atoms with Crippen molar-refractivity contribution >= 4 is 11.9 Å². The second-order valence-corrected chi connectivity index (χ2v) is 4.30. The Morgan fingerprint density at radius 2 is 1.88 bits per heavy atom. The van der Waals surface area contributed by atoms with Crippen LogP contribution in [-0.4, -0.2) is 65.5 Å². The van der Waals surface area contributed by atoms with Crippen molar-refractivity contribution in [3.05, 3.63) is 0 Å². The number of carboxylic acids is 1. The number of nitrogens with two attached hydrogens (primary N) is 1. The third-order valence-electron chi connectivity index (χ3n) is 3.12. The number of rotatable bonds is 5. The molecule has 1 aliphatic heterocycles. The number of carbonyl (C=O) groups excluding carboxylic acids is 1. The van der Waals surface area contributed by atoms with Crippen molar-refractivity contribution in [1.82, 2.24) is 9.80 Å². The van der Waals surface area contributed by atoms with E-state index in [1.165, 1.54) is 0 Å². The molecule has 6 nitrogen and oxygen atoms in total. The molecule has 1 heterocycles. The van der Waals surface area contributed by atoms with Gasteiger partial charge in [0, 0.05) is 32.6 Å². The van der Waals surface area contributed by atoms with Gasteiger partial charge in [0.15, 0.2) is 0 Å². The fourth-order valence-corrected chi connectivity index (χ4v) is 1.92. The fraction of sp³-hybridized carbons (Fsp3) is 0.818. The van der Waals surface area contributed by atoms with E-state index in [4.69, 9.17) is 10.8 Å². The molecule has 1 amide bonds. The number of likely N-dealkylation sites (N-methyl/N-ethyl adjacent to an activating group) is 1. The van der Waals surface area contributed by atoms with Gasteiger partial charge >= 0.3 is 5.97 Å². The van der Waals surface area contributed by atoms with E-state index in [0.29, 0.717) is 13.1 Å². The quantitative estimate of drug-likeness (QED) is 0.669. The number of carboxylic acid groups (broad SMARTS) is 1. The lowest BCUT2D eigenvalue weighted by Crippen LogP contribution is -2.53. The van der Waals surface area contributed by atoms with Crippen molar-refractivity contribution in [2.45, 2.75) is 25.8 Å². The first-order valence-electron chi connectivity index (χ1n) is 6.03.